The van der Waals surface area contributed by atoms with Crippen molar-refractivity contribution in [1.29, 1.82) is 0 Å². The number of nitrogens with zero attached hydrogens (tertiary/aromatic N) is 5. The predicted molar refractivity (Wildman–Crippen MR) is 64.9 cm³/mol. The number of rotatable bonds is 2. The topological polar surface area (TPSA) is 46.8 Å². The first-order valence-electron chi connectivity index (χ1n) is 5.49. The quantitative estimate of drug-likeness (QED) is 0.756. The summed E-state index contributed by atoms with van der Waals surface area (Å²) >= 11 is 5.83. The van der Waals surface area contributed by atoms with E-state index in [0.717, 1.165) is 36.8 Å². The molecule has 0 N–H and O–H groups in total. The van der Waals surface area contributed by atoms with Gasteiger partial charge in [-0.1, -0.05) is 0 Å². The van der Waals surface area contributed by atoms with Crippen molar-refractivity contribution in [2.75, 3.05) is 11.4 Å². The Balaban J connectivity index is 1.86. The average molecular weight is 250 g/mol. The van der Waals surface area contributed by atoms with Gasteiger partial charge in [-0.3, -0.25) is 0 Å². The zero-order valence-corrected chi connectivity index (χ0v) is 10.0. The summed E-state index contributed by atoms with van der Waals surface area (Å²) in [7, 11) is 0. The number of hydrogen-bond acceptors (Lipinski definition) is 4. The summed E-state index contributed by atoms with van der Waals surface area (Å²) in [5.74, 6) is 2.45. The lowest BCUT2D eigenvalue weighted by atomic mass is 10.2. The van der Waals surface area contributed by atoms with Crippen LogP contribution in [0.25, 0.3) is 0 Å². The molecule has 17 heavy (non-hydrogen) atoms. The lowest BCUT2D eigenvalue weighted by Gasteiger charge is -2.28. The standard InChI is InChI=1S/C11H12ClN5/c12-6-9-1-2-13-10(5-9)16-3-4-17-8-14-15-11(17)7-16/h1-2,5,8H,3-4,6-7H2. The molecule has 0 fully saturated rings. The number of pyridine rings is 1. The van der Waals surface area contributed by atoms with E-state index in [2.05, 4.69) is 24.6 Å². The van der Waals surface area contributed by atoms with Crippen LogP contribution in [0.5, 0.6) is 0 Å². The van der Waals surface area contributed by atoms with E-state index in [4.69, 9.17) is 11.6 Å². The first-order chi connectivity index (χ1) is 8.36. The third-order valence-electron chi connectivity index (χ3n) is 2.93. The molecule has 88 valence electrons. The molecule has 3 rings (SSSR count). The summed E-state index contributed by atoms with van der Waals surface area (Å²) in [4.78, 5) is 6.57. The molecule has 0 saturated carbocycles. The van der Waals surface area contributed by atoms with Gasteiger partial charge in [-0.2, -0.15) is 0 Å². The number of hydrogen-bond donors (Lipinski definition) is 0. The second kappa shape index (κ2) is 4.33. The minimum Gasteiger partial charge on any atom is -0.347 e. The Morgan fingerprint density at radius 2 is 2.29 bits per heavy atom. The van der Waals surface area contributed by atoms with E-state index >= 15 is 0 Å². The molecule has 6 heteroatoms. The van der Waals surface area contributed by atoms with Gasteiger partial charge in [0, 0.05) is 25.2 Å². The van der Waals surface area contributed by atoms with Crippen LogP contribution in [-0.2, 0) is 19.0 Å². The maximum Gasteiger partial charge on any atom is 0.152 e. The summed E-state index contributed by atoms with van der Waals surface area (Å²) in [5.41, 5.74) is 1.09. The minimum absolute atomic E-state index is 0.513. The van der Waals surface area contributed by atoms with E-state index in [-0.39, 0.29) is 0 Å². The summed E-state index contributed by atoms with van der Waals surface area (Å²) in [6.45, 7) is 2.57. The summed E-state index contributed by atoms with van der Waals surface area (Å²) in [5, 5.41) is 8.00. The second-order valence-corrected chi connectivity index (χ2v) is 4.29. The average Bonchev–Trinajstić information content (AvgIpc) is 2.86. The molecule has 1 aliphatic heterocycles. The van der Waals surface area contributed by atoms with Crippen molar-refractivity contribution < 1.29 is 0 Å². The molecule has 2 aromatic rings. The Bertz CT molecular complexity index is 524. The second-order valence-electron chi connectivity index (χ2n) is 4.02. The van der Waals surface area contributed by atoms with Gasteiger partial charge in [0.05, 0.1) is 6.54 Å². The highest BCUT2D eigenvalue weighted by Crippen LogP contribution is 2.19. The molecule has 3 heterocycles. The van der Waals surface area contributed by atoms with Crippen LogP contribution in [0.15, 0.2) is 24.7 Å². The Hall–Kier alpha value is -1.62. The predicted octanol–water partition coefficient (Wildman–Crippen LogP) is 1.43. The molecule has 2 aromatic heterocycles. The lowest BCUT2D eigenvalue weighted by Crippen LogP contribution is -2.34. The molecule has 1 aliphatic rings. The summed E-state index contributed by atoms with van der Waals surface area (Å²) in [6.07, 6.45) is 3.57. The Kier molecular flexibility index (Phi) is 2.68. The molecule has 0 unspecified atom stereocenters. The van der Waals surface area contributed by atoms with Crippen LogP contribution in [0.3, 0.4) is 0 Å². The molecular formula is C11H12ClN5. The van der Waals surface area contributed by atoms with Gasteiger partial charge in [0.1, 0.15) is 12.1 Å². The molecule has 0 atom stereocenters. The lowest BCUT2D eigenvalue weighted by molar-refractivity contribution is 0.556. The highest BCUT2D eigenvalue weighted by atomic mass is 35.5. The molecule has 0 spiro atoms. The monoisotopic (exact) mass is 249 g/mol. The van der Waals surface area contributed by atoms with Crippen LogP contribution in [-0.4, -0.2) is 26.3 Å². The number of halogens is 1. The van der Waals surface area contributed by atoms with Gasteiger partial charge in [0.2, 0.25) is 0 Å². The van der Waals surface area contributed by atoms with Gasteiger partial charge in [0.15, 0.2) is 5.82 Å². The maximum atomic E-state index is 5.83. The zero-order chi connectivity index (χ0) is 11.7. The molecule has 0 saturated heterocycles. The van der Waals surface area contributed by atoms with Crippen molar-refractivity contribution in [2.45, 2.75) is 19.0 Å². The smallest absolute Gasteiger partial charge is 0.152 e. The van der Waals surface area contributed by atoms with Crippen molar-refractivity contribution in [3.63, 3.8) is 0 Å². The SMILES string of the molecule is ClCc1ccnc(N2CCn3cnnc3C2)c1. The van der Waals surface area contributed by atoms with Crippen molar-refractivity contribution in [3.05, 3.63) is 36.0 Å². The van der Waals surface area contributed by atoms with E-state index in [9.17, 15) is 0 Å². The van der Waals surface area contributed by atoms with E-state index < -0.39 is 0 Å². The Labute approximate surface area is 104 Å². The molecule has 0 bridgehead atoms. The summed E-state index contributed by atoms with van der Waals surface area (Å²) in [6, 6.07) is 3.96. The molecule has 0 radical (unpaired) electrons. The fourth-order valence-electron chi connectivity index (χ4n) is 1.98. The van der Waals surface area contributed by atoms with Crippen molar-refractivity contribution in [1.82, 2.24) is 19.7 Å². The molecule has 0 aliphatic carbocycles. The molecule has 0 amide bonds. The van der Waals surface area contributed by atoms with Gasteiger partial charge in [-0.05, 0) is 17.7 Å². The number of fused-ring (bicyclic) bond motifs is 1. The van der Waals surface area contributed by atoms with Gasteiger partial charge < -0.3 is 9.47 Å². The van der Waals surface area contributed by atoms with Crippen LogP contribution in [0.4, 0.5) is 5.82 Å². The van der Waals surface area contributed by atoms with E-state index in [1.165, 1.54) is 0 Å². The van der Waals surface area contributed by atoms with Crippen LogP contribution in [0.2, 0.25) is 0 Å². The highest BCUT2D eigenvalue weighted by molar-refractivity contribution is 6.17. The number of alkyl halides is 1. The zero-order valence-electron chi connectivity index (χ0n) is 9.25. The normalized spacial score (nSPS) is 14.8. The third kappa shape index (κ3) is 1.98. The Morgan fingerprint density at radius 1 is 1.35 bits per heavy atom. The fourth-order valence-corrected chi connectivity index (χ4v) is 2.14. The molecule has 0 aromatic carbocycles. The molecule has 5 nitrogen and oxygen atoms in total. The van der Waals surface area contributed by atoms with Crippen LogP contribution >= 0.6 is 11.6 Å². The fraction of sp³-hybridized carbons (Fsp3) is 0.364. The minimum atomic E-state index is 0.513. The number of aromatic nitrogens is 4. The first-order valence-corrected chi connectivity index (χ1v) is 6.03. The van der Waals surface area contributed by atoms with Gasteiger partial charge in [-0.25, -0.2) is 4.98 Å². The largest absolute Gasteiger partial charge is 0.347 e. The summed E-state index contributed by atoms with van der Waals surface area (Å²) < 4.78 is 2.07. The van der Waals surface area contributed by atoms with Crippen molar-refractivity contribution in [3.8, 4) is 0 Å². The van der Waals surface area contributed by atoms with Crippen LogP contribution in [0, 0.1) is 0 Å². The third-order valence-corrected chi connectivity index (χ3v) is 3.24. The maximum absolute atomic E-state index is 5.83. The van der Waals surface area contributed by atoms with Gasteiger partial charge >= 0.3 is 0 Å². The van der Waals surface area contributed by atoms with E-state index in [1.807, 2.05) is 12.1 Å². The van der Waals surface area contributed by atoms with Gasteiger partial charge in [-0.15, -0.1) is 21.8 Å². The van der Waals surface area contributed by atoms with Crippen LogP contribution < -0.4 is 4.90 Å². The van der Waals surface area contributed by atoms with E-state index in [1.54, 1.807) is 12.5 Å². The highest BCUT2D eigenvalue weighted by Gasteiger charge is 2.18. The van der Waals surface area contributed by atoms with Crippen LogP contribution in [0.1, 0.15) is 11.4 Å². The van der Waals surface area contributed by atoms with Gasteiger partial charge in [0.25, 0.3) is 0 Å². The van der Waals surface area contributed by atoms with Crippen molar-refractivity contribution >= 4 is 17.4 Å². The first kappa shape index (κ1) is 10.5. The molecular weight excluding hydrogens is 238 g/mol. The number of anilines is 1. The van der Waals surface area contributed by atoms with Crippen molar-refractivity contribution in [2.24, 2.45) is 0 Å². The van der Waals surface area contributed by atoms with E-state index in [0.29, 0.717) is 5.88 Å². The Morgan fingerprint density at radius 3 is 3.18 bits per heavy atom.